The molecule has 1 N–H and O–H groups in total. The first-order valence-electron chi connectivity index (χ1n) is 4.03. The summed E-state index contributed by atoms with van der Waals surface area (Å²) in [7, 11) is 1.58. The van der Waals surface area contributed by atoms with E-state index in [0.29, 0.717) is 16.7 Å². The summed E-state index contributed by atoms with van der Waals surface area (Å²) in [6.07, 6.45) is 1.67. The number of hydrogen-bond donors (Lipinski definition) is 1. The molecule has 0 saturated carbocycles. The molecule has 0 fully saturated rings. The van der Waals surface area contributed by atoms with Crippen molar-refractivity contribution in [2.75, 3.05) is 7.11 Å². The number of ether oxygens (including phenoxy) is 1. The molecule has 0 amide bonds. The van der Waals surface area contributed by atoms with Crippen molar-refractivity contribution in [2.24, 2.45) is 0 Å². The maximum atomic E-state index is 9.60. The van der Waals surface area contributed by atoms with Gasteiger partial charge in [0.2, 0.25) is 0 Å². The molecule has 3 nitrogen and oxygen atoms in total. The summed E-state index contributed by atoms with van der Waals surface area (Å²) in [6.45, 7) is 0. The van der Waals surface area contributed by atoms with Crippen LogP contribution in [0.1, 0.15) is 0 Å². The molecule has 0 aliphatic rings. The molecule has 0 atom stereocenters. The first kappa shape index (κ1) is 9.27. The van der Waals surface area contributed by atoms with Gasteiger partial charge in [-0.25, -0.2) is 0 Å². The monoisotopic (exact) mass is 253 g/mol. The molecule has 0 saturated heterocycles. The smallest absolute Gasteiger partial charge is 0.145 e. The first-order valence-corrected chi connectivity index (χ1v) is 4.83. The van der Waals surface area contributed by atoms with Gasteiger partial charge in [-0.1, -0.05) is 0 Å². The number of halogens is 1. The van der Waals surface area contributed by atoms with Crippen LogP contribution in [0.5, 0.6) is 11.5 Å². The Morgan fingerprint density at radius 3 is 2.93 bits per heavy atom. The van der Waals surface area contributed by atoms with E-state index in [0.717, 1.165) is 4.47 Å². The Kier molecular flexibility index (Phi) is 2.29. The molecule has 0 aliphatic carbocycles. The molecule has 4 heteroatoms. The molecule has 1 aromatic carbocycles. The third kappa shape index (κ3) is 1.42. The minimum atomic E-state index is 0.203. The summed E-state index contributed by atoms with van der Waals surface area (Å²) in [5.74, 6) is 0.861. The van der Waals surface area contributed by atoms with Crippen molar-refractivity contribution in [1.29, 1.82) is 0 Å². The zero-order valence-electron chi connectivity index (χ0n) is 7.49. The van der Waals surface area contributed by atoms with Crippen molar-refractivity contribution in [1.82, 2.24) is 4.98 Å². The van der Waals surface area contributed by atoms with Crippen LogP contribution >= 0.6 is 15.9 Å². The minimum Gasteiger partial charge on any atom is -0.507 e. The van der Waals surface area contributed by atoms with E-state index in [4.69, 9.17) is 4.74 Å². The van der Waals surface area contributed by atoms with Crippen molar-refractivity contribution < 1.29 is 9.84 Å². The van der Waals surface area contributed by atoms with Crippen LogP contribution < -0.4 is 4.74 Å². The number of hydrogen-bond acceptors (Lipinski definition) is 3. The van der Waals surface area contributed by atoms with Crippen molar-refractivity contribution in [2.45, 2.75) is 0 Å². The topological polar surface area (TPSA) is 42.4 Å². The zero-order chi connectivity index (χ0) is 10.1. The Hall–Kier alpha value is -1.29. The summed E-state index contributed by atoms with van der Waals surface area (Å²) in [5, 5.41) is 10.3. The van der Waals surface area contributed by atoms with Crippen LogP contribution in [0.3, 0.4) is 0 Å². The van der Waals surface area contributed by atoms with Gasteiger partial charge in [-0.05, 0) is 34.1 Å². The molecule has 2 aromatic rings. The number of fused-ring (bicyclic) bond motifs is 1. The summed E-state index contributed by atoms with van der Waals surface area (Å²) in [4.78, 5) is 4.18. The Bertz CT molecular complexity index is 485. The van der Waals surface area contributed by atoms with Crippen LogP contribution in [0.25, 0.3) is 10.9 Å². The summed E-state index contributed by atoms with van der Waals surface area (Å²) in [6, 6.07) is 5.09. The highest BCUT2D eigenvalue weighted by molar-refractivity contribution is 9.10. The second-order valence-electron chi connectivity index (χ2n) is 2.84. The van der Waals surface area contributed by atoms with E-state index in [2.05, 4.69) is 20.9 Å². The average molecular weight is 254 g/mol. The third-order valence-electron chi connectivity index (χ3n) is 1.98. The second-order valence-corrected chi connectivity index (χ2v) is 3.75. The molecule has 2 rings (SSSR count). The van der Waals surface area contributed by atoms with Gasteiger partial charge in [-0.2, -0.15) is 0 Å². The van der Waals surface area contributed by atoms with Crippen LogP contribution in [0, 0.1) is 0 Å². The summed E-state index contributed by atoms with van der Waals surface area (Å²) < 4.78 is 5.96. The van der Waals surface area contributed by atoms with E-state index < -0.39 is 0 Å². The number of rotatable bonds is 1. The van der Waals surface area contributed by atoms with Gasteiger partial charge in [0.05, 0.1) is 7.11 Å². The normalized spacial score (nSPS) is 10.4. The number of methoxy groups -OCH3 is 1. The number of benzene rings is 1. The van der Waals surface area contributed by atoms with Gasteiger partial charge in [0.1, 0.15) is 17.0 Å². The molecule has 14 heavy (non-hydrogen) atoms. The maximum absolute atomic E-state index is 9.60. The van der Waals surface area contributed by atoms with Crippen LogP contribution in [-0.2, 0) is 0 Å². The highest BCUT2D eigenvalue weighted by Crippen LogP contribution is 2.32. The fourth-order valence-corrected chi connectivity index (χ4v) is 1.65. The van der Waals surface area contributed by atoms with E-state index in [-0.39, 0.29) is 5.75 Å². The molecule has 0 radical (unpaired) electrons. The zero-order valence-corrected chi connectivity index (χ0v) is 9.08. The number of phenolic OH excluding ortho intramolecular Hbond substituents is 1. The fourth-order valence-electron chi connectivity index (χ4n) is 1.32. The molecular formula is C10H8BrNO2. The lowest BCUT2D eigenvalue weighted by atomic mass is 10.2. The van der Waals surface area contributed by atoms with Crippen molar-refractivity contribution >= 4 is 26.8 Å². The van der Waals surface area contributed by atoms with Crippen LogP contribution in [0.15, 0.2) is 28.9 Å². The minimum absolute atomic E-state index is 0.203. The van der Waals surface area contributed by atoms with Gasteiger partial charge < -0.3 is 9.84 Å². The molecular weight excluding hydrogens is 246 g/mol. The SMILES string of the molecule is COc1ccc(O)c2cc(Br)cnc12. The van der Waals surface area contributed by atoms with Gasteiger partial charge in [0.15, 0.2) is 0 Å². The highest BCUT2D eigenvalue weighted by Gasteiger charge is 2.06. The summed E-state index contributed by atoms with van der Waals surface area (Å²) in [5.41, 5.74) is 0.663. The molecule has 1 heterocycles. The van der Waals surface area contributed by atoms with Gasteiger partial charge in [-0.15, -0.1) is 0 Å². The lowest BCUT2D eigenvalue weighted by Gasteiger charge is -2.05. The standard InChI is InChI=1S/C10H8BrNO2/c1-14-9-3-2-8(13)7-4-6(11)5-12-10(7)9/h2-5,13H,1H3. The predicted molar refractivity (Wildman–Crippen MR) is 57.7 cm³/mol. The Labute approximate surface area is 89.5 Å². The molecule has 0 aliphatic heterocycles. The highest BCUT2D eigenvalue weighted by atomic mass is 79.9. The Morgan fingerprint density at radius 1 is 1.43 bits per heavy atom. The van der Waals surface area contributed by atoms with E-state index in [1.807, 2.05) is 0 Å². The van der Waals surface area contributed by atoms with Crippen LogP contribution in [0.4, 0.5) is 0 Å². The number of pyridine rings is 1. The quantitative estimate of drug-likeness (QED) is 0.850. The Balaban J connectivity index is 2.84. The number of aromatic nitrogens is 1. The average Bonchev–Trinajstić information content (AvgIpc) is 2.19. The third-order valence-corrected chi connectivity index (χ3v) is 2.41. The van der Waals surface area contributed by atoms with E-state index in [9.17, 15) is 5.11 Å². The van der Waals surface area contributed by atoms with E-state index >= 15 is 0 Å². The number of aromatic hydroxyl groups is 1. The number of phenols is 1. The maximum Gasteiger partial charge on any atom is 0.145 e. The Morgan fingerprint density at radius 2 is 2.21 bits per heavy atom. The van der Waals surface area contributed by atoms with E-state index in [1.165, 1.54) is 0 Å². The van der Waals surface area contributed by atoms with Gasteiger partial charge in [0, 0.05) is 16.1 Å². The van der Waals surface area contributed by atoms with Gasteiger partial charge in [-0.3, -0.25) is 4.98 Å². The molecule has 0 spiro atoms. The fraction of sp³-hybridized carbons (Fsp3) is 0.100. The first-order chi connectivity index (χ1) is 6.72. The predicted octanol–water partition coefficient (Wildman–Crippen LogP) is 2.71. The molecule has 0 unspecified atom stereocenters. The van der Waals surface area contributed by atoms with Crippen molar-refractivity contribution in [3.8, 4) is 11.5 Å². The van der Waals surface area contributed by atoms with Crippen molar-refractivity contribution in [3.05, 3.63) is 28.9 Å². The van der Waals surface area contributed by atoms with Crippen LogP contribution in [0.2, 0.25) is 0 Å². The molecule has 72 valence electrons. The number of nitrogens with zero attached hydrogens (tertiary/aromatic N) is 1. The van der Waals surface area contributed by atoms with Gasteiger partial charge in [0.25, 0.3) is 0 Å². The van der Waals surface area contributed by atoms with E-state index in [1.54, 1.807) is 31.5 Å². The van der Waals surface area contributed by atoms with Crippen molar-refractivity contribution in [3.63, 3.8) is 0 Å². The second kappa shape index (κ2) is 3.46. The lowest BCUT2D eigenvalue weighted by Crippen LogP contribution is -1.87. The summed E-state index contributed by atoms with van der Waals surface area (Å²) >= 11 is 3.30. The lowest BCUT2D eigenvalue weighted by molar-refractivity contribution is 0.417. The van der Waals surface area contributed by atoms with Crippen LogP contribution in [-0.4, -0.2) is 17.2 Å². The largest absolute Gasteiger partial charge is 0.507 e. The molecule has 1 aromatic heterocycles. The molecule has 0 bridgehead atoms. The van der Waals surface area contributed by atoms with Gasteiger partial charge >= 0.3 is 0 Å².